The van der Waals surface area contributed by atoms with Gasteiger partial charge in [0.1, 0.15) is 5.82 Å². The van der Waals surface area contributed by atoms with Crippen molar-refractivity contribution in [3.63, 3.8) is 0 Å². The molecule has 1 aromatic heterocycles. The number of halogens is 1. The van der Waals surface area contributed by atoms with Crippen LogP contribution in [-0.4, -0.2) is 23.6 Å². The van der Waals surface area contributed by atoms with Crippen LogP contribution in [0.4, 0.5) is 11.8 Å². The molecular weight excluding hydrogens is 284 g/mol. The van der Waals surface area contributed by atoms with Crippen molar-refractivity contribution < 1.29 is 0 Å². The Hall–Kier alpha value is -1.81. The molecule has 0 amide bonds. The van der Waals surface area contributed by atoms with Gasteiger partial charge in [-0.1, -0.05) is 30.7 Å². The van der Waals surface area contributed by atoms with E-state index in [0.717, 1.165) is 41.6 Å². The van der Waals surface area contributed by atoms with Crippen LogP contribution in [0.1, 0.15) is 24.6 Å². The Morgan fingerprint density at radius 1 is 1.24 bits per heavy atom. The summed E-state index contributed by atoms with van der Waals surface area (Å²) in [5.74, 6) is 1.59. The third-order valence-corrected chi connectivity index (χ3v) is 3.31. The smallest absolute Gasteiger partial charge is 0.224 e. The summed E-state index contributed by atoms with van der Waals surface area (Å²) >= 11 is 6.03. The predicted molar refractivity (Wildman–Crippen MR) is 89.1 cm³/mol. The van der Waals surface area contributed by atoms with Crippen LogP contribution in [-0.2, 0) is 6.54 Å². The van der Waals surface area contributed by atoms with E-state index in [9.17, 15) is 0 Å². The molecule has 0 unspecified atom stereocenters. The molecule has 21 heavy (non-hydrogen) atoms. The topological polar surface area (TPSA) is 41.1 Å². The molecule has 0 aliphatic rings. The maximum atomic E-state index is 6.03. The van der Waals surface area contributed by atoms with Crippen molar-refractivity contribution in [3.8, 4) is 0 Å². The average Bonchev–Trinajstić information content (AvgIpc) is 2.44. The summed E-state index contributed by atoms with van der Waals surface area (Å²) in [6, 6.07) is 9.87. The fourth-order valence-corrected chi connectivity index (χ4v) is 2.27. The monoisotopic (exact) mass is 304 g/mol. The lowest BCUT2D eigenvalue weighted by Gasteiger charge is -2.19. The average molecular weight is 305 g/mol. The summed E-state index contributed by atoms with van der Waals surface area (Å²) in [7, 11) is 2.02. The van der Waals surface area contributed by atoms with Gasteiger partial charge in [0.2, 0.25) is 5.95 Å². The number of hydrogen-bond donors (Lipinski definition) is 1. The maximum Gasteiger partial charge on any atom is 0.224 e. The highest BCUT2D eigenvalue weighted by Gasteiger charge is 2.07. The molecular formula is C16H21ClN4. The standard InChI is InChI=1S/C16H21ClN4/c1-4-8-18-16-19-12(2)9-15(20-16)21(3)11-13-6-5-7-14(17)10-13/h5-7,9-10H,4,8,11H2,1-3H3,(H,18,19,20). The Balaban J connectivity index is 2.14. The van der Waals surface area contributed by atoms with E-state index >= 15 is 0 Å². The van der Waals surface area contributed by atoms with E-state index in [0.29, 0.717) is 5.95 Å². The van der Waals surface area contributed by atoms with Crippen LogP contribution in [0.25, 0.3) is 0 Å². The van der Waals surface area contributed by atoms with Gasteiger partial charge in [-0.25, -0.2) is 4.98 Å². The molecule has 0 aliphatic heterocycles. The molecule has 1 N–H and O–H groups in total. The Kier molecular flexibility index (Phi) is 5.39. The first-order chi connectivity index (χ1) is 10.1. The molecule has 0 fully saturated rings. The van der Waals surface area contributed by atoms with Crippen molar-refractivity contribution >= 4 is 23.4 Å². The summed E-state index contributed by atoms with van der Waals surface area (Å²) in [4.78, 5) is 11.1. The molecule has 0 radical (unpaired) electrons. The van der Waals surface area contributed by atoms with Crippen LogP contribution in [0.3, 0.4) is 0 Å². The molecule has 1 aromatic carbocycles. The first-order valence-electron chi connectivity index (χ1n) is 7.13. The number of nitrogens with one attached hydrogen (secondary N) is 1. The number of anilines is 2. The molecule has 0 saturated heterocycles. The van der Waals surface area contributed by atoms with Crippen molar-refractivity contribution in [2.75, 3.05) is 23.8 Å². The zero-order chi connectivity index (χ0) is 15.2. The van der Waals surface area contributed by atoms with E-state index in [1.807, 2.05) is 38.2 Å². The molecule has 0 atom stereocenters. The highest BCUT2D eigenvalue weighted by Crippen LogP contribution is 2.18. The van der Waals surface area contributed by atoms with Crippen LogP contribution in [0, 0.1) is 6.92 Å². The van der Waals surface area contributed by atoms with Gasteiger partial charge < -0.3 is 10.2 Å². The first-order valence-corrected chi connectivity index (χ1v) is 7.51. The molecule has 0 aliphatic carbocycles. The summed E-state index contributed by atoms with van der Waals surface area (Å²) in [5, 5.41) is 3.99. The van der Waals surface area contributed by atoms with Crippen molar-refractivity contribution in [2.24, 2.45) is 0 Å². The minimum atomic E-state index is 0.685. The Bertz CT molecular complexity index is 601. The maximum absolute atomic E-state index is 6.03. The summed E-state index contributed by atoms with van der Waals surface area (Å²) in [5.41, 5.74) is 2.11. The van der Waals surface area contributed by atoms with Crippen LogP contribution in [0.15, 0.2) is 30.3 Å². The van der Waals surface area contributed by atoms with E-state index in [4.69, 9.17) is 11.6 Å². The predicted octanol–water partition coefficient (Wildman–Crippen LogP) is 3.90. The van der Waals surface area contributed by atoms with Gasteiger partial charge in [-0.2, -0.15) is 4.98 Å². The number of nitrogens with zero attached hydrogens (tertiary/aromatic N) is 3. The molecule has 2 rings (SSSR count). The Morgan fingerprint density at radius 2 is 2.05 bits per heavy atom. The molecule has 1 heterocycles. The third kappa shape index (κ3) is 4.60. The van der Waals surface area contributed by atoms with Crippen LogP contribution in [0.2, 0.25) is 5.02 Å². The number of rotatable bonds is 6. The molecule has 0 saturated carbocycles. The van der Waals surface area contributed by atoms with E-state index in [2.05, 4.69) is 33.2 Å². The van der Waals surface area contributed by atoms with Crippen LogP contribution in [0.5, 0.6) is 0 Å². The zero-order valence-electron chi connectivity index (χ0n) is 12.7. The van der Waals surface area contributed by atoms with Crippen molar-refractivity contribution in [1.82, 2.24) is 9.97 Å². The van der Waals surface area contributed by atoms with Crippen LogP contribution >= 0.6 is 11.6 Å². The largest absolute Gasteiger partial charge is 0.355 e. The molecule has 0 bridgehead atoms. The quantitative estimate of drug-likeness (QED) is 0.879. The molecule has 0 spiro atoms. The normalized spacial score (nSPS) is 10.5. The van der Waals surface area contributed by atoms with E-state index in [-0.39, 0.29) is 0 Å². The van der Waals surface area contributed by atoms with E-state index < -0.39 is 0 Å². The molecule has 2 aromatic rings. The SMILES string of the molecule is CCCNc1nc(C)cc(N(C)Cc2cccc(Cl)c2)n1. The number of aryl methyl sites for hydroxylation is 1. The summed E-state index contributed by atoms with van der Waals surface area (Å²) < 4.78 is 0. The molecule has 5 heteroatoms. The summed E-state index contributed by atoms with van der Waals surface area (Å²) in [6.07, 6.45) is 1.05. The first kappa shape index (κ1) is 15.6. The lowest BCUT2D eigenvalue weighted by Crippen LogP contribution is -2.19. The number of hydrogen-bond acceptors (Lipinski definition) is 4. The summed E-state index contributed by atoms with van der Waals surface area (Å²) in [6.45, 7) is 5.73. The lowest BCUT2D eigenvalue weighted by atomic mass is 10.2. The number of benzene rings is 1. The van der Waals surface area contributed by atoms with Gasteiger partial charge >= 0.3 is 0 Å². The van der Waals surface area contributed by atoms with Crippen LogP contribution < -0.4 is 10.2 Å². The minimum Gasteiger partial charge on any atom is -0.355 e. The van der Waals surface area contributed by atoms with E-state index in [1.54, 1.807) is 0 Å². The Morgan fingerprint density at radius 3 is 2.76 bits per heavy atom. The second-order valence-electron chi connectivity index (χ2n) is 5.10. The zero-order valence-corrected chi connectivity index (χ0v) is 13.5. The fourth-order valence-electron chi connectivity index (χ4n) is 2.05. The van der Waals surface area contributed by atoms with Gasteiger partial charge in [-0.15, -0.1) is 0 Å². The highest BCUT2D eigenvalue weighted by molar-refractivity contribution is 6.30. The molecule has 112 valence electrons. The number of aromatic nitrogens is 2. The van der Waals surface area contributed by atoms with Gasteiger partial charge in [-0.05, 0) is 31.0 Å². The highest BCUT2D eigenvalue weighted by atomic mass is 35.5. The van der Waals surface area contributed by atoms with Gasteiger partial charge in [-0.3, -0.25) is 0 Å². The van der Waals surface area contributed by atoms with Gasteiger partial charge in [0.25, 0.3) is 0 Å². The van der Waals surface area contributed by atoms with Crippen molar-refractivity contribution in [2.45, 2.75) is 26.8 Å². The van der Waals surface area contributed by atoms with Gasteiger partial charge in [0.05, 0.1) is 0 Å². The molecule has 4 nitrogen and oxygen atoms in total. The third-order valence-electron chi connectivity index (χ3n) is 3.07. The lowest BCUT2D eigenvalue weighted by molar-refractivity contribution is 0.879. The second-order valence-corrected chi connectivity index (χ2v) is 5.54. The Labute approximate surface area is 131 Å². The second kappa shape index (κ2) is 7.27. The van der Waals surface area contributed by atoms with Gasteiger partial charge in [0.15, 0.2) is 0 Å². The fraction of sp³-hybridized carbons (Fsp3) is 0.375. The van der Waals surface area contributed by atoms with Crippen molar-refractivity contribution in [1.29, 1.82) is 0 Å². The van der Waals surface area contributed by atoms with E-state index in [1.165, 1.54) is 0 Å². The van der Waals surface area contributed by atoms with Gasteiger partial charge in [0, 0.05) is 36.9 Å². The van der Waals surface area contributed by atoms with Crippen molar-refractivity contribution in [3.05, 3.63) is 46.6 Å². The minimum absolute atomic E-state index is 0.685.